The molecule has 0 saturated carbocycles. The first-order chi connectivity index (χ1) is 12.9. The molecule has 0 aromatic heterocycles. The Balaban J connectivity index is 1.90. The molecule has 0 aliphatic carbocycles. The molecule has 156 valence electrons. The molecule has 1 aromatic rings. The molecule has 1 saturated heterocycles. The maximum atomic E-state index is 12.6. The summed E-state index contributed by atoms with van der Waals surface area (Å²) < 4.78 is 42.9. The fourth-order valence-corrected chi connectivity index (χ4v) is 2.92. The number of hydrogen-bond acceptors (Lipinski definition) is 4. The predicted octanol–water partition coefficient (Wildman–Crippen LogP) is 3.08. The molecule has 28 heavy (non-hydrogen) atoms. The summed E-state index contributed by atoms with van der Waals surface area (Å²) in [6.45, 7) is 5.25. The Bertz CT molecular complexity index is 699. The molecule has 1 fully saturated rings. The summed E-state index contributed by atoms with van der Waals surface area (Å²) in [6, 6.07) is 3.86. The number of aliphatic hydroxyl groups is 1. The summed E-state index contributed by atoms with van der Waals surface area (Å²) in [6.07, 6.45) is -5.35. The van der Waals surface area contributed by atoms with Gasteiger partial charge < -0.3 is 15.2 Å². The van der Waals surface area contributed by atoms with Crippen LogP contribution < -0.4 is 5.32 Å². The van der Waals surface area contributed by atoms with Crippen LogP contribution in [-0.2, 0) is 22.1 Å². The Morgan fingerprint density at radius 1 is 1.18 bits per heavy atom. The molecule has 6 nitrogen and oxygen atoms in total. The Morgan fingerprint density at radius 3 is 2.32 bits per heavy atom. The summed E-state index contributed by atoms with van der Waals surface area (Å²) in [7, 11) is 0. The standard InChI is InChI=1S/C19H25F3N2O4/c1-18(2,3)28-17(27)24-14(8-9-15(24)25)16(26)23-11-10-12-4-6-13(7-5-12)19(20,21)22/h4-7,14-15,25H,8-11H2,1-3H3,(H,23,26)/t14-,15-/m0/s1. The molecule has 1 aliphatic heterocycles. The number of carbonyl (C=O) groups excluding carboxylic acids is 2. The van der Waals surface area contributed by atoms with Gasteiger partial charge in [-0.05, 0) is 57.7 Å². The molecule has 0 unspecified atom stereocenters. The van der Waals surface area contributed by atoms with Gasteiger partial charge in [-0.3, -0.25) is 9.69 Å². The van der Waals surface area contributed by atoms with E-state index in [9.17, 15) is 27.9 Å². The van der Waals surface area contributed by atoms with Crippen molar-refractivity contribution in [2.75, 3.05) is 6.54 Å². The zero-order valence-corrected chi connectivity index (χ0v) is 16.0. The number of halogens is 3. The fourth-order valence-electron chi connectivity index (χ4n) is 2.92. The van der Waals surface area contributed by atoms with E-state index >= 15 is 0 Å². The maximum absolute atomic E-state index is 12.6. The highest BCUT2D eigenvalue weighted by atomic mass is 19.4. The molecular weight excluding hydrogens is 377 g/mol. The minimum atomic E-state index is -4.39. The quantitative estimate of drug-likeness (QED) is 0.811. The predicted molar refractivity (Wildman–Crippen MR) is 95.3 cm³/mol. The first-order valence-corrected chi connectivity index (χ1v) is 9.02. The zero-order chi connectivity index (χ0) is 21.1. The van der Waals surface area contributed by atoms with E-state index in [1.807, 2.05) is 0 Å². The molecule has 1 aliphatic rings. The molecule has 0 radical (unpaired) electrons. The largest absolute Gasteiger partial charge is 0.444 e. The van der Waals surface area contributed by atoms with Gasteiger partial charge in [0.25, 0.3) is 0 Å². The van der Waals surface area contributed by atoms with Crippen molar-refractivity contribution in [2.24, 2.45) is 0 Å². The molecule has 9 heteroatoms. The average molecular weight is 402 g/mol. The minimum Gasteiger partial charge on any atom is -0.444 e. The van der Waals surface area contributed by atoms with Gasteiger partial charge in [0.2, 0.25) is 5.91 Å². The second-order valence-electron chi connectivity index (χ2n) is 7.70. The van der Waals surface area contributed by atoms with E-state index in [0.29, 0.717) is 18.4 Å². The van der Waals surface area contributed by atoms with Crippen molar-refractivity contribution in [3.8, 4) is 0 Å². The number of alkyl halides is 3. The monoisotopic (exact) mass is 402 g/mol. The van der Waals surface area contributed by atoms with Crippen molar-refractivity contribution < 1.29 is 32.6 Å². The van der Waals surface area contributed by atoms with Gasteiger partial charge in [-0.1, -0.05) is 12.1 Å². The summed E-state index contributed by atoms with van der Waals surface area (Å²) >= 11 is 0. The number of nitrogens with zero attached hydrogens (tertiary/aromatic N) is 1. The van der Waals surface area contributed by atoms with Crippen molar-refractivity contribution >= 4 is 12.0 Å². The van der Waals surface area contributed by atoms with E-state index in [1.54, 1.807) is 20.8 Å². The van der Waals surface area contributed by atoms with Crippen LogP contribution in [0, 0.1) is 0 Å². The highest BCUT2D eigenvalue weighted by Crippen LogP contribution is 2.29. The molecule has 2 rings (SSSR count). The van der Waals surface area contributed by atoms with Gasteiger partial charge in [-0.25, -0.2) is 4.79 Å². The lowest BCUT2D eigenvalue weighted by Gasteiger charge is -2.30. The molecule has 1 heterocycles. The second kappa shape index (κ2) is 8.38. The molecule has 2 atom stereocenters. The van der Waals surface area contributed by atoms with E-state index in [2.05, 4.69) is 5.32 Å². The van der Waals surface area contributed by atoms with Crippen LogP contribution in [-0.4, -0.2) is 46.4 Å². The number of rotatable bonds is 4. The lowest BCUT2D eigenvalue weighted by Crippen LogP contribution is -2.50. The Labute approximate surface area is 161 Å². The topological polar surface area (TPSA) is 78.9 Å². The third kappa shape index (κ3) is 5.85. The highest BCUT2D eigenvalue weighted by Gasteiger charge is 2.42. The average Bonchev–Trinajstić information content (AvgIpc) is 2.94. The van der Waals surface area contributed by atoms with Crippen molar-refractivity contribution in [2.45, 2.75) is 64.1 Å². The van der Waals surface area contributed by atoms with Gasteiger partial charge in [0.05, 0.1) is 5.56 Å². The molecule has 0 bridgehead atoms. The number of benzene rings is 1. The number of nitrogens with one attached hydrogen (secondary N) is 1. The van der Waals surface area contributed by atoms with Crippen LogP contribution in [0.25, 0.3) is 0 Å². The van der Waals surface area contributed by atoms with Crippen LogP contribution in [0.1, 0.15) is 44.7 Å². The highest BCUT2D eigenvalue weighted by molar-refractivity contribution is 5.86. The summed E-state index contributed by atoms with van der Waals surface area (Å²) in [5.74, 6) is -0.436. The second-order valence-corrected chi connectivity index (χ2v) is 7.70. The number of likely N-dealkylation sites (tertiary alicyclic amines) is 1. The van der Waals surface area contributed by atoms with Gasteiger partial charge >= 0.3 is 12.3 Å². The first kappa shape index (κ1) is 22.0. The smallest absolute Gasteiger partial charge is 0.416 e. The van der Waals surface area contributed by atoms with Crippen molar-refractivity contribution in [1.82, 2.24) is 10.2 Å². The minimum absolute atomic E-state index is 0.193. The van der Waals surface area contributed by atoms with Crippen molar-refractivity contribution in [3.05, 3.63) is 35.4 Å². The van der Waals surface area contributed by atoms with E-state index in [0.717, 1.165) is 17.0 Å². The fraction of sp³-hybridized carbons (Fsp3) is 0.579. The van der Waals surface area contributed by atoms with Crippen LogP contribution in [0.15, 0.2) is 24.3 Å². The Morgan fingerprint density at radius 2 is 1.79 bits per heavy atom. The first-order valence-electron chi connectivity index (χ1n) is 9.02. The normalized spacial score (nSPS) is 20.2. The van der Waals surface area contributed by atoms with Crippen LogP contribution in [0.4, 0.5) is 18.0 Å². The van der Waals surface area contributed by atoms with E-state index < -0.39 is 41.6 Å². The van der Waals surface area contributed by atoms with Crippen LogP contribution in [0.2, 0.25) is 0 Å². The van der Waals surface area contributed by atoms with Gasteiger partial charge in [-0.15, -0.1) is 0 Å². The number of aliphatic hydroxyl groups excluding tert-OH is 1. The molecule has 1 aromatic carbocycles. The molecule has 2 amide bonds. The molecule has 2 N–H and O–H groups in total. The van der Waals surface area contributed by atoms with Gasteiger partial charge in [0, 0.05) is 6.54 Å². The lowest BCUT2D eigenvalue weighted by molar-refractivity contribution is -0.137. The van der Waals surface area contributed by atoms with Crippen molar-refractivity contribution in [1.29, 1.82) is 0 Å². The van der Waals surface area contributed by atoms with Crippen LogP contribution in [0.5, 0.6) is 0 Å². The van der Waals surface area contributed by atoms with E-state index in [1.165, 1.54) is 12.1 Å². The van der Waals surface area contributed by atoms with Crippen LogP contribution >= 0.6 is 0 Å². The Kier molecular flexibility index (Phi) is 6.59. The number of hydrogen-bond donors (Lipinski definition) is 2. The SMILES string of the molecule is CC(C)(C)OC(=O)N1[C@@H](O)CC[C@H]1C(=O)NCCc1ccc(C(F)(F)F)cc1. The number of carbonyl (C=O) groups is 2. The summed E-state index contributed by atoms with van der Waals surface area (Å²) in [5.41, 5.74) is -0.847. The van der Waals surface area contributed by atoms with Gasteiger partial charge in [0.1, 0.15) is 17.9 Å². The van der Waals surface area contributed by atoms with E-state index in [4.69, 9.17) is 4.74 Å². The number of amides is 2. The van der Waals surface area contributed by atoms with E-state index in [-0.39, 0.29) is 13.0 Å². The molecular formula is C19H25F3N2O4. The lowest BCUT2D eigenvalue weighted by atomic mass is 10.1. The van der Waals surface area contributed by atoms with Crippen LogP contribution in [0.3, 0.4) is 0 Å². The third-order valence-electron chi connectivity index (χ3n) is 4.26. The third-order valence-corrected chi connectivity index (χ3v) is 4.26. The zero-order valence-electron chi connectivity index (χ0n) is 16.0. The summed E-state index contributed by atoms with van der Waals surface area (Å²) in [4.78, 5) is 25.7. The van der Waals surface area contributed by atoms with Gasteiger partial charge in [-0.2, -0.15) is 13.2 Å². The van der Waals surface area contributed by atoms with Crippen molar-refractivity contribution in [3.63, 3.8) is 0 Å². The van der Waals surface area contributed by atoms with Gasteiger partial charge in [0.15, 0.2) is 0 Å². The maximum Gasteiger partial charge on any atom is 0.416 e. The number of ether oxygens (including phenoxy) is 1. The summed E-state index contributed by atoms with van der Waals surface area (Å²) in [5, 5.41) is 12.7. The molecule has 0 spiro atoms. The Hall–Kier alpha value is -2.29.